The van der Waals surface area contributed by atoms with Crippen LogP contribution in [0.25, 0.3) is 10.9 Å². The highest BCUT2D eigenvalue weighted by Gasteiger charge is 2.43. The molecule has 3 amide bonds. The van der Waals surface area contributed by atoms with Gasteiger partial charge in [0.15, 0.2) is 15.7 Å². The molecule has 4 aliphatic heterocycles. The Kier molecular flexibility index (Phi) is 19.3. The van der Waals surface area contributed by atoms with Gasteiger partial charge in [0.2, 0.25) is 5.91 Å². The number of anilines is 4. The van der Waals surface area contributed by atoms with Crippen molar-refractivity contribution in [2.75, 3.05) is 107 Å². The summed E-state index contributed by atoms with van der Waals surface area (Å²) in [6.45, 7) is 28.6. The van der Waals surface area contributed by atoms with Crippen molar-refractivity contribution in [1.29, 1.82) is 0 Å². The first-order valence-corrected chi connectivity index (χ1v) is 31.5. The number of ether oxygens (including phenoxy) is 1. The molecule has 3 N–H and O–H groups in total. The van der Waals surface area contributed by atoms with Crippen molar-refractivity contribution in [3.8, 4) is 5.75 Å². The van der Waals surface area contributed by atoms with E-state index in [4.69, 9.17) is 14.7 Å². The van der Waals surface area contributed by atoms with E-state index < -0.39 is 20.7 Å². The van der Waals surface area contributed by atoms with E-state index in [1.165, 1.54) is 29.8 Å². The lowest BCUT2D eigenvalue weighted by atomic mass is 9.91. The van der Waals surface area contributed by atoms with E-state index in [1.54, 1.807) is 51.2 Å². The van der Waals surface area contributed by atoms with Gasteiger partial charge >= 0.3 is 6.09 Å². The molecule has 6 aromatic rings. The topological polar surface area (TPSA) is 230 Å². The van der Waals surface area contributed by atoms with Crippen molar-refractivity contribution < 1.29 is 37.0 Å². The minimum atomic E-state index is -3.85. The van der Waals surface area contributed by atoms with Gasteiger partial charge in [-0.05, 0) is 109 Å². The number of benzene rings is 2. The Morgan fingerprint density at radius 2 is 1.58 bits per heavy atom. The fraction of sp³-hybridized carbons (Fsp3) is 0.524. The number of halogens is 1. The van der Waals surface area contributed by atoms with Crippen LogP contribution in [0.3, 0.4) is 0 Å². The Balaban J connectivity index is 0.00000288. The second-order valence-electron chi connectivity index (χ2n) is 25.1. The van der Waals surface area contributed by atoms with Crippen LogP contribution < -0.4 is 19.9 Å². The zero-order chi connectivity index (χ0) is 61.8. The summed E-state index contributed by atoms with van der Waals surface area (Å²) in [5.74, 6) is 1.60. The number of carbonyl (C=O) groups is 3. The number of aryl methyl sites for hydroxylation is 1. The largest absolute Gasteiger partial charge is 0.492 e. The quantitative estimate of drug-likeness (QED) is 0.0773. The molecule has 3 fully saturated rings. The van der Waals surface area contributed by atoms with Crippen LogP contribution in [0.4, 0.5) is 32.3 Å². The predicted molar refractivity (Wildman–Crippen MR) is 332 cm³/mol. The third-order valence-corrected chi connectivity index (χ3v) is 19.4. The SMILES string of the molecule is CCC.Cc1[nH]nc(Nc2ncnc3cc(OCCCN4CCN(C(=O)c5ccc(N6CCN(C[C@H]7CN(C(=O)O)[C@H](C)CN7CC(=O)N7CC(C)(C)c8ncc(Cc9ccc(F)cc9)cc87)[C@H](C)C6)nc5)CC4)c(S(=O)(=O)C(C)(C)C)cc23)c1C. The Bertz CT molecular complexity index is 3500. The molecule has 3 atom stereocenters. The maximum atomic E-state index is 14.5. The van der Waals surface area contributed by atoms with Crippen molar-refractivity contribution in [2.45, 2.75) is 129 Å². The number of rotatable bonds is 16. The van der Waals surface area contributed by atoms with Crippen molar-refractivity contribution in [3.63, 3.8) is 0 Å². The van der Waals surface area contributed by atoms with Crippen molar-refractivity contribution in [2.24, 2.45) is 0 Å². The maximum Gasteiger partial charge on any atom is 0.407 e. The molecule has 0 bridgehead atoms. The standard InChI is InChI=1S/C60H77FN14O7S.C3H8/c1-38-31-72(23-22-71(38)33-46-34-74(58(78)79)39(2)32-73(46)35-53(76)75-36-60(8,9)54-49(75)26-43(29-63-54)25-42-11-14-45(61)15-12-42)52-16-13-44(30-62-52)57(77)70-20-18-69(19-21-70)17-10-24-82-50-28-48-47(27-51(50)83(80,81)59(5,6)7)56(65-37-64-48)66-55-40(3)41(4)67-68-55;1-3-2/h11-16,26-30,37-39,46H,10,17-25,31-36H2,1-9H3,(H,78,79)(H2,64,65,66,67,68);3H2,1-2H3/t38-,39-,46+;/m1./s1. The van der Waals surface area contributed by atoms with Crippen LogP contribution in [-0.4, -0.2) is 201 Å². The number of aromatic amines is 1. The number of hydrogen-bond donors (Lipinski definition) is 3. The molecule has 2 aromatic carbocycles. The summed E-state index contributed by atoms with van der Waals surface area (Å²) in [6.07, 6.45) is 6.38. The van der Waals surface area contributed by atoms with Crippen molar-refractivity contribution in [1.82, 2.24) is 54.6 Å². The Labute approximate surface area is 505 Å². The van der Waals surface area contributed by atoms with Gasteiger partial charge in [0.25, 0.3) is 5.91 Å². The van der Waals surface area contributed by atoms with Gasteiger partial charge < -0.3 is 34.8 Å². The van der Waals surface area contributed by atoms with E-state index in [0.29, 0.717) is 113 Å². The van der Waals surface area contributed by atoms with Crippen LogP contribution in [-0.2, 0) is 26.5 Å². The molecule has 3 saturated heterocycles. The van der Waals surface area contributed by atoms with Gasteiger partial charge in [-0.1, -0.05) is 46.2 Å². The third kappa shape index (κ3) is 14.1. The zero-order valence-electron chi connectivity index (χ0n) is 51.7. The highest BCUT2D eigenvalue weighted by atomic mass is 32.2. The first kappa shape index (κ1) is 63.2. The molecular formula is C63H85FN14O7S. The van der Waals surface area contributed by atoms with Crippen molar-refractivity contribution >= 4 is 61.8 Å². The second-order valence-corrected chi connectivity index (χ2v) is 27.8. The molecule has 4 aliphatic rings. The number of hydrogen-bond acceptors (Lipinski definition) is 16. The summed E-state index contributed by atoms with van der Waals surface area (Å²) >= 11 is 0. The average molecular weight is 1200 g/mol. The molecule has 10 rings (SSSR count). The van der Waals surface area contributed by atoms with E-state index in [0.717, 1.165) is 39.6 Å². The number of fused-ring (bicyclic) bond motifs is 2. The number of carboxylic acid groups (broad SMARTS) is 1. The number of amides is 3. The molecule has 86 heavy (non-hydrogen) atoms. The van der Waals surface area contributed by atoms with Gasteiger partial charge in [0.1, 0.15) is 34.4 Å². The molecular weight excluding hydrogens is 1120 g/mol. The summed E-state index contributed by atoms with van der Waals surface area (Å²) in [5, 5.41) is 21.3. The minimum Gasteiger partial charge on any atom is -0.492 e. The maximum absolute atomic E-state index is 14.5. The van der Waals surface area contributed by atoms with Gasteiger partial charge in [-0.2, -0.15) is 5.10 Å². The number of carbonyl (C=O) groups excluding carboxylic acids is 2. The smallest absolute Gasteiger partial charge is 0.407 e. The number of nitrogens with one attached hydrogen (secondary N) is 2. The lowest BCUT2D eigenvalue weighted by molar-refractivity contribution is -0.121. The number of nitrogens with zero attached hydrogens (tertiary/aromatic N) is 12. The Morgan fingerprint density at radius 1 is 0.849 bits per heavy atom. The highest BCUT2D eigenvalue weighted by Crippen LogP contribution is 2.41. The van der Waals surface area contributed by atoms with E-state index in [2.05, 4.69) is 79.7 Å². The van der Waals surface area contributed by atoms with Gasteiger partial charge in [-0.25, -0.2) is 32.6 Å². The average Bonchev–Trinajstić information content (AvgIpc) is 1.84. The van der Waals surface area contributed by atoms with E-state index >= 15 is 0 Å². The summed E-state index contributed by atoms with van der Waals surface area (Å²) < 4.78 is 46.8. The molecule has 4 aromatic heterocycles. The van der Waals surface area contributed by atoms with E-state index in [-0.39, 0.29) is 71.5 Å². The lowest BCUT2D eigenvalue weighted by Gasteiger charge is -2.48. The number of sulfone groups is 1. The normalized spacial score (nSPS) is 19.5. The van der Waals surface area contributed by atoms with Gasteiger partial charge in [-0.15, -0.1) is 0 Å². The molecule has 0 unspecified atom stereocenters. The molecule has 0 saturated carbocycles. The monoisotopic (exact) mass is 1200 g/mol. The minimum absolute atomic E-state index is 0.0614. The molecule has 0 spiro atoms. The van der Waals surface area contributed by atoms with Crippen LogP contribution in [0.1, 0.15) is 114 Å². The number of pyridine rings is 2. The number of aromatic nitrogens is 6. The van der Waals surface area contributed by atoms with Crippen LogP contribution in [0.15, 0.2) is 78.2 Å². The van der Waals surface area contributed by atoms with Crippen LogP contribution >= 0.6 is 0 Å². The van der Waals surface area contributed by atoms with E-state index in [1.807, 2.05) is 55.0 Å². The Hall–Kier alpha value is -7.34. The fourth-order valence-electron chi connectivity index (χ4n) is 11.7. The fourth-order valence-corrected chi connectivity index (χ4v) is 13.1. The lowest BCUT2D eigenvalue weighted by Crippen LogP contribution is -2.64. The second kappa shape index (κ2) is 26.3. The Morgan fingerprint density at radius 3 is 2.23 bits per heavy atom. The summed E-state index contributed by atoms with van der Waals surface area (Å²) in [4.78, 5) is 73.5. The molecule has 462 valence electrons. The predicted octanol–water partition coefficient (Wildman–Crippen LogP) is 8.34. The van der Waals surface area contributed by atoms with Gasteiger partial charge in [0.05, 0.1) is 40.4 Å². The van der Waals surface area contributed by atoms with Crippen LogP contribution in [0.2, 0.25) is 0 Å². The van der Waals surface area contributed by atoms with Crippen LogP contribution in [0.5, 0.6) is 5.75 Å². The van der Waals surface area contributed by atoms with Gasteiger partial charge in [-0.3, -0.25) is 34.4 Å². The molecule has 21 nitrogen and oxygen atoms in total. The number of piperazine rings is 3. The highest BCUT2D eigenvalue weighted by molar-refractivity contribution is 7.92. The summed E-state index contributed by atoms with van der Waals surface area (Å²) in [7, 11) is -3.85. The summed E-state index contributed by atoms with van der Waals surface area (Å²) in [5.41, 5.74) is 6.00. The molecule has 23 heteroatoms. The molecule has 0 aliphatic carbocycles. The van der Waals surface area contributed by atoms with Gasteiger partial charge in [0, 0.05) is 137 Å². The zero-order valence-corrected chi connectivity index (χ0v) is 52.5. The molecule has 0 radical (unpaired) electrons. The van der Waals surface area contributed by atoms with Crippen molar-refractivity contribution in [3.05, 3.63) is 113 Å². The first-order valence-electron chi connectivity index (χ1n) is 30.0. The van der Waals surface area contributed by atoms with Crippen LogP contribution in [0, 0.1) is 19.7 Å². The first-order chi connectivity index (χ1) is 40.8. The number of H-pyrrole nitrogens is 1. The summed E-state index contributed by atoms with van der Waals surface area (Å²) in [6, 6.07) is 15.0. The van der Waals surface area contributed by atoms with E-state index in [9.17, 15) is 32.3 Å². The third-order valence-electron chi connectivity index (χ3n) is 16.9. The molecule has 8 heterocycles.